The third kappa shape index (κ3) is 6.02. The highest BCUT2D eigenvalue weighted by Crippen LogP contribution is 2.33. The second-order valence-electron chi connectivity index (χ2n) is 6.45. The number of non-ortho nitro benzene ring substituents is 1. The Labute approximate surface area is 194 Å². The average Bonchev–Trinajstić information content (AvgIpc) is 2.79. The zero-order valence-electron chi connectivity index (χ0n) is 16.4. The van der Waals surface area contributed by atoms with Crippen molar-refractivity contribution >= 4 is 46.6 Å². The number of hydrogen-bond acceptors (Lipinski definition) is 5. The Morgan fingerprint density at radius 1 is 1.00 bits per heavy atom. The van der Waals surface area contributed by atoms with Crippen LogP contribution in [-0.4, -0.2) is 23.3 Å². The third-order valence-corrected chi connectivity index (χ3v) is 5.51. The minimum absolute atomic E-state index is 0.0732. The van der Waals surface area contributed by atoms with Crippen LogP contribution in [0, 0.1) is 27.6 Å². The first-order chi connectivity index (χ1) is 15.7. The number of carbonyl (C=O) groups is 2. The molecule has 0 aromatic heterocycles. The SMILES string of the molecule is O=C(CNC(=O)c1cc([N+](=O)[O-])ccc1Sc1ccc(Cl)cc1)Nc1ccc(F)c(F)c1F. The quantitative estimate of drug-likeness (QED) is 0.267. The molecule has 0 aliphatic carbocycles. The number of nitrogens with one attached hydrogen (secondary N) is 2. The second kappa shape index (κ2) is 10.4. The minimum Gasteiger partial charge on any atom is -0.343 e. The Morgan fingerprint density at radius 2 is 1.70 bits per heavy atom. The maximum absolute atomic E-state index is 13.7. The molecule has 0 aliphatic rings. The molecule has 33 heavy (non-hydrogen) atoms. The number of halogens is 4. The fourth-order valence-electron chi connectivity index (χ4n) is 2.60. The van der Waals surface area contributed by atoms with Gasteiger partial charge in [0.25, 0.3) is 11.6 Å². The van der Waals surface area contributed by atoms with Gasteiger partial charge in [-0.1, -0.05) is 23.4 Å². The lowest BCUT2D eigenvalue weighted by atomic mass is 10.2. The van der Waals surface area contributed by atoms with Crippen molar-refractivity contribution in [2.75, 3.05) is 11.9 Å². The second-order valence-corrected chi connectivity index (χ2v) is 8.00. The molecular weight excluding hydrogens is 483 g/mol. The molecule has 3 aromatic carbocycles. The molecule has 0 bridgehead atoms. The zero-order chi connectivity index (χ0) is 24.1. The van der Waals surface area contributed by atoms with Gasteiger partial charge in [0.1, 0.15) is 0 Å². The van der Waals surface area contributed by atoms with Crippen molar-refractivity contribution in [3.05, 3.63) is 92.7 Å². The summed E-state index contributed by atoms with van der Waals surface area (Å²) >= 11 is 7.00. The molecule has 0 atom stereocenters. The lowest BCUT2D eigenvalue weighted by Crippen LogP contribution is -2.33. The van der Waals surface area contributed by atoms with Crippen molar-refractivity contribution in [2.24, 2.45) is 0 Å². The van der Waals surface area contributed by atoms with Crippen LogP contribution >= 0.6 is 23.4 Å². The molecule has 2 amide bonds. The predicted molar refractivity (Wildman–Crippen MR) is 116 cm³/mol. The van der Waals surface area contributed by atoms with Gasteiger partial charge in [0, 0.05) is 26.9 Å². The lowest BCUT2D eigenvalue weighted by Gasteiger charge is -2.11. The summed E-state index contributed by atoms with van der Waals surface area (Å²) in [5.41, 5.74) is -1.02. The summed E-state index contributed by atoms with van der Waals surface area (Å²) in [6, 6.07) is 11.8. The van der Waals surface area contributed by atoms with Crippen LogP contribution in [0.5, 0.6) is 0 Å². The first kappa shape index (κ1) is 24.1. The summed E-state index contributed by atoms with van der Waals surface area (Å²) in [5.74, 6) is -6.50. The molecule has 0 saturated carbocycles. The van der Waals surface area contributed by atoms with Gasteiger partial charge in [0.2, 0.25) is 5.91 Å². The van der Waals surface area contributed by atoms with Crippen molar-refractivity contribution in [3.8, 4) is 0 Å². The van der Waals surface area contributed by atoms with Gasteiger partial charge in [-0.2, -0.15) is 0 Å². The van der Waals surface area contributed by atoms with E-state index in [4.69, 9.17) is 11.6 Å². The summed E-state index contributed by atoms with van der Waals surface area (Å²) in [6.07, 6.45) is 0. The van der Waals surface area contributed by atoms with E-state index in [2.05, 4.69) is 5.32 Å². The van der Waals surface area contributed by atoms with Gasteiger partial charge in [0.15, 0.2) is 17.5 Å². The van der Waals surface area contributed by atoms with E-state index >= 15 is 0 Å². The first-order valence-corrected chi connectivity index (χ1v) is 10.3. The molecule has 0 radical (unpaired) electrons. The summed E-state index contributed by atoms with van der Waals surface area (Å²) in [7, 11) is 0. The molecule has 170 valence electrons. The fraction of sp³-hybridized carbons (Fsp3) is 0.0476. The Hall–Kier alpha value is -3.57. The molecule has 0 fully saturated rings. The van der Waals surface area contributed by atoms with Crippen LogP contribution in [0.25, 0.3) is 0 Å². The number of carbonyl (C=O) groups excluding carboxylic acids is 2. The van der Waals surface area contributed by atoms with Crippen LogP contribution in [0.3, 0.4) is 0 Å². The molecule has 12 heteroatoms. The number of rotatable bonds is 7. The van der Waals surface area contributed by atoms with Crippen LogP contribution in [0.4, 0.5) is 24.5 Å². The van der Waals surface area contributed by atoms with Crippen molar-refractivity contribution in [2.45, 2.75) is 9.79 Å². The monoisotopic (exact) mass is 495 g/mol. The number of benzene rings is 3. The topological polar surface area (TPSA) is 101 Å². The molecular formula is C21H13ClF3N3O4S. The van der Waals surface area contributed by atoms with Crippen LogP contribution in [0.1, 0.15) is 10.4 Å². The maximum Gasteiger partial charge on any atom is 0.270 e. The Balaban J connectivity index is 1.75. The number of hydrogen-bond donors (Lipinski definition) is 2. The number of nitro groups is 1. The molecule has 0 saturated heterocycles. The summed E-state index contributed by atoms with van der Waals surface area (Å²) in [6.45, 7) is -0.662. The van der Waals surface area contributed by atoms with Crippen molar-refractivity contribution in [3.63, 3.8) is 0 Å². The highest BCUT2D eigenvalue weighted by Gasteiger charge is 2.19. The number of amides is 2. The highest BCUT2D eigenvalue weighted by atomic mass is 35.5. The summed E-state index contributed by atoms with van der Waals surface area (Å²) in [4.78, 5) is 36.2. The van der Waals surface area contributed by atoms with Crippen molar-refractivity contribution < 1.29 is 27.7 Å². The molecule has 0 unspecified atom stereocenters. The van der Waals surface area contributed by atoms with Crippen LogP contribution in [0.15, 0.2) is 64.4 Å². The van der Waals surface area contributed by atoms with Crippen molar-refractivity contribution in [1.29, 1.82) is 0 Å². The van der Waals surface area contributed by atoms with E-state index in [1.54, 1.807) is 24.3 Å². The molecule has 0 aliphatic heterocycles. The van der Waals surface area contributed by atoms with E-state index in [-0.39, 0.29) is 11.3 Å². The van der Waals surface area contributed by atoms with Crippen molar-refractivity contribution in [1.82, 2.24) is 5.32 Å². The van der Waals surface area contributed by atoms with Gasteiger partial charge < -0.3 is 10.6 Å². The van der Waals surface area contributed by atoms with E-state index in [1.165, 1.54) is 12.1 Å². The Kier molecular flexibility index (Phi) is 7.56. The first-order valence-electron chi connectivity index (χ1n) is 9.09. The van der Waals surface area contributed by atoms with Gasteiger partial charge in [-0.3, -0.25) is 19.7 Å². The smallest absolute Gasteiger partial charge is 0.270 e. The van der Waals surface area contributed by atoms with E-state index in [0.717, 1.165) is 23.9 Å². The maximum atomic E-state index is 13.7. The molecule has 3 rings (SSSR count). The van der Waals surface area contributed by atoms with E-state index < -0.39 is 46.4 Å². The lowest BCUT2D eigenvalue weighted by molar-refractivity contribution is -0.384. The van der Waals surface area contributed by atoms with Gasteiger partial charge in [-0.25, -0.2) is 13.2 Å². The summed E-state index contributed by atoms with van der Waals surface area (Å²) in [5, 5.41) is 15.9. The predicted octanol–water partition coefficient (Wildman–Crippen LogP) is 5.19. The fourth-order valence-corrected chi connectivity index (χ4v) is 3.65. The van der Waals surface area contributed by atoms with Crippen LogP contribution in [-0.2, 0) is 4.79 Å². The van der Waals surface area contributed by atoms with Crippen LogP contribution < -0.4 is 10.6 Å². The number of nitrogens with zero attached hydrogens (tertiary/aromatic N) is 1. The van der Waals surface area contributed by atoms with Gasteiger partial charge in [0.05, 0.1) is 22.7 Å². The third-order valence-electron chi connectivity index (χ3n) is 4.18. The standard InChI is InChI=1S/C21H13ClF3N3O4S/c22-11-1-4-13(5-2-11)33-17-8-3-12(28(31)32)9-14(17)21(30)26-10-18(29)27-16-7-6-15(23)19(24)20(16)25/h1-9H,10H2,(H,26,30)(H,27,29). The minimum atomic E-state index is -1.75. The van der Waals surface area contributed by atoms with E-state index in [9.17, 15) is 32.9 Å². The van der Waals surface area contributed by atoms with Gasteiger partial charge in [-0.15, -0.1) is 0 Å². The molecule has 2 N–H and O–H groups in total. The zero-order valence-corrected chi connectivity index (χ0v) is 18.0. The highest BCUT2D eigenvalue weighted by molar-refractivity contribution is 7.99. The number of anilines is 1. The Bertz CT molecular complexity index is 1240. The van der Waals surface area contributed by atoms with E-state index in [1.807, 2.05) is 5.32 Å². The number of nitro benzene ring substituents is 1. The molecule has 3 aromatic rings. The molecule has 7 nitrogen and oxygen atoms in total. The van der Waals surface area contributed by atoms with E-state index in [0.29, 0.717) is 20.9 Å². The molecule has 0 heterocycles. The normalized spacial score (nSPS) is 10.5. The van der Waals surface area contributed by atoms with Gasteiger partial charge >= 0.3 is 0 Å². The summed E-state index contributed by atoms with van der Waals surface area (Å²) < 4.78 is 40.0. The molecule has 0 spiro atoms. The van der Waals surface area contributed by atoms with Gasteiger partial charge in [-0.05, 0) is 42.5 Å². The largest absolute Gasteiger partial charge is 0.343 e. The Morgan fingerprint density at radius 3 is 2.36 bits per heavy atom. The average molecular weight is 496 g/mol. The van der Waals surface area contributed by atoms with Crippen LogP contribution in [0.2, 0.25) is 5.02 Å².